The van der Waals surface area contributed by atoms with E-state index >= 15 is 0 Å². The van der Waals surface area contributed by atoms with Crippen molar-refractivity contribution in [2.45, 2.75) is 31.6 Å². The van der Waals surface area contributed by atoms with Crippen LogP contribution in [0.4, 0.5) is 0 Å². The fourth-order valence-electron chi connectivity index (χ4n) is 2.42. The van der Waals surface area contributed by atoms with E-state index in [0.717, 1.165) is 28.4 Å². The lowest BCUT2D eigenvalue weighted by atomic mass is 10.1. The molecule has 0 spiro atoms. The Bertz CT molecular complexity index is 916. The molecule has 1 amide bonds. The molecule has 0 atom stereocenters. The average Bonchev–Trinajstić information content (AvgIpc) is 2.67. The second-order valence-corrected chi connectivity index (χ2v) is 8.01. The average molecular weight is 385 g/mol. The summed E-state index contributed by atoms with van der Waals surface area (Å²) in [6, 6.07) is 14.8. The summed E-state index contributed by atoms with van der Waals surface area (Å²) in [6.07, 6.45) is 3.41. The Labute approximate surface area is 160 Å². The van der Waals surface area contributed by atoms with Gasteiger partial charge in [0.25, 0.3) is 15.9 Å². The van der Waals surface area contributed by atoms with Crippen LogP contribution in [-0.4, -0.2) is 31.0 Å². The molecule has 142 valence electrons. The van der Waals surface area contributed by atoms with Crippen LogP contribution >= 0.6 is 0 Å². The standard InChI is InChI=1S/C21H23NO4S/c1-3-4-16-22(27(25,26)19-12-10-17(2)11-13-19)21(24)15-14-20(23)18-8-6-5-7-9-18/h5-15H,3-4,16H2,1-2H3/b15-14+. The molecule has 0 N–H and O–H groups in total. The van der Waals surface area contributed by atoms with Crippen LogP contribution in [-0.2, 0) is 14.8 Å². The van der Waals surface area contributed by atoms with E-state index in [0.29, 0.717) is 12.0 Å². The normalized spacial score (nSPS) is 11.5. The number of hydrogen-bond donors (Lipinski definition) is 0. The van der Waals surface area contributed by atoms with Crippen molar-refractivity contribution in [2.24, 2.45) is 0 Å². The molecule has 0 aromatic heterocycles. The number of sulfonamides is 1. The highest BCUT2D eigenvalue weighted by Gasteiger charge is 2.27. The van der Waals surface area contributed by atoms with Crippen molar-refractivity contribution < 1.29 is 18.0 Å². The van der Waals surface area contributed by atoms with Gasteiger partial charge in [0, 0.05) is 18.2 Å². The topological polar surface area (TPSA) is 71.5 Å². The monoisotopic (exact) mass is 385 g/mol. The summed E-state index contributed by atoms with van der Waals surface area (Å²) in [5, 5.41) is 0. The van der Waals surface area contributed by atoms with Gasteiger partial charge in [-0.25, -0.2) is 12.7 Å². The molecule has 0 radical (unpaired) electrons. The third-order valence-electron chi connectivity index (χ3n) is 4.01. The van der Waals surface area contributed by atoms with Crippen molar-refractivity contribution in [3.05, 3.63) is 77.9 Å². The minimum Gasteiger partial charge on any atom is -0.289 e. The quantitative estimate of drug-likeness (QED) is 0.512. The summed E-state index contributed by atoms with van der Waals surface area (Å²) in [7, 11) is -3.98. The van der Waals surface area contributed by atoms with Crippen LogP contribution in [0.1, 0.15) is 35.7 Å². The fourth-order valence-corrected chi connectivity index (χ4v) is 3.82. The van der Waals surface area contributed by atoms with Crippen molar-refractivity contribution in [3.8, 4) is 0 Å². The molecular weight excluding hydrogens is 362 g/mol. The Morgan fingerprint density at radius 1 is 0.963 bits per heavy atom. The highest BCUT2D eigenvalue weighted by Crippen LogP contribution is 2.18. The minimum atomic E-state index is -3.98. The number of nitrogens with zero attached hydrogens (tertiary/aromatic N) is 1. The lowest BCUT2D eigenvalue weighted by Gasteiger charge is -2.21. The Balaban J connectivity index is 2.26. The van der Waals surface area contributed by atoms with E-state index < -0.39 is 15.9 Å². The SMILES string of the molecule is CCCCN(C(=O)/C=C/C(=O)c1ccccc1)S(=O)(=O)c1ccc(C)cc1. The van der Waals surface area contributed by atoms with Gasteiger partial charge in [-0.05, 0) is 31.6 Å². The van der Waals surface area contributed by atoms with Gasteiger partial charge in [0.05, 0.1) is 4.90 Å². The molecule has 0 bridgehead atoms. The Kier molecular flexibility index (Phi) is 7.07. The van der Waals surface area contributed by atoms with Gasteiger partial charge >= 0.3 is 0 Å². The molecule has 0 unspecified atom stereocenters. The fraction of sp³-hybridized carbons (Fsp3) is 0.238. The van der Waals surface area contributed by atoms with E-state index in [2.05, 4.69) is 0 Å². The second-order valence-electron chi connectivity index (χ2n) is 6.15. The van der Waals surface area contributed by atoms with Crippen LogP contribution in [0.3, 0.4) is 0 Å². The minimum absolute atomic E-state index is 0.0559. The van der Waals surface area contributed by atoms with Crippen LogP contribution < -0.4 is 0 Å². The van der Waals surface area contributed by atoms with Crippen molar-refractivity contribution in [1.29, 1.82) is 0 Å². The van der Waals surface area contributed by atoms with Crippen molar-refractivity contribution in [3.63, 3.8) is 0 Å². The van der Waals surface area contributed by atoms with Gasteiger partial charge in [-0.2, -0.15) is 0 Å². The molecule has 0 fully saturated rings. The van der Waals surface area contributed by atoms with Crippen LogP contribution in [0.2, 0.25) is 0 Å². The van der Waals surface area contributed by atoms with E-state index in [-0.39, 0.29) is 17.2 Å². The molecule has 6 heteroatoms. The Morgan fingerprint density at radius 2 is 1.59 bits per heavy atom. The first-order chi connectivity index (χ1) is 12.9. The van der Waals surface area contributed by atoms with Crippen LogP contribution in [0.15, 0.2) is 71.6 Å². The summed E-state index contributed by atoms with van der Waals surface area (Å²) in [5.41, 5.74) is 1.36. The number of carbonyl (C=O) groups excluding carboxylic acids is 2. The largest absolute Gasteiger partial charge is 0.289 e. The maximum absolute atomic E-state index is 12.9. The second kappa shape index (κ2) is 9.28. The molecule has 2 aromatic carbocycles. The molecule has 0 heterocycles. The van der Waals surface area contributed by atoms with Crippen molar-refractivity contribution in [2.75, 3.05) is 6.54 Å². The van der Waals surface area contributed by atoms with Gasteiger partial charge in [-0.15, -0.1) is 0 Å². The maximum Gasteiger partial charge on any atom is 0.266 e. The molecule has 0 aliphatic carbocycles. The van der Waals surface area contributed by atoms with Gasteiger partial charge in [-0.3, -0.25) is 9.59 Å². The first kappa shape index (κ1) is 20.6. The van der Waals surface area contributed by atoms with Gasteiger partial charge in [0.15, 0.2) is 5.78 Å². The smallest absolute Gasteiger partial charge is 0.266 e. The zero-order chi connectivity index (χ0) is 19.9. The first-order valence-corrected chi connectivity index (χ1v) is 10.2. The Hall–Kier alpha value is -2.73. The van der Waals surface area contributed by atoms with Gasteiger partial charge in [-0.1, -0.05) is 61.4 Å². The van der Waals surface area contributed by atoms with E-state index in [1.54, 1.807) is 42.5 Å². The van der Waals surface area contributed by atoms with Gasteiger partial charge < -0.3 is 0 Å². The lowest BCUT2D eigenvalue weighted by Crippen LogP contribution is -2.36. The third-order valence-corrected chi connectivity index (χ3v) is 5.82. The molecule has 0 aliphatic heterocycles. The van der Waals surface area contributed by atoms with E-state index in [1.165, 1.54) is 12.1 Å². The molecule has 0 aliphatic rings. The molecule has 27 heavy (non-hydrogen) atoms. The summed E-state index contributed by atoms with van der Waals surface area (Å²) >= 11 is 0. The maximum atomic E-state index is 12.9. The van der Waals surface area contributed by atoms with Gasteiger partial charge in [0.2, 0.25) is 0 Å². The number of unbranched alkanes of at least 4 members (excludes halogenated alkanes) is 1. The number of benzene rings is 2. The molecule has 5 nitrogen and oxygen atoms in total. The molecule has 2 aromatic rings. The highest BCUT2D eigenvalue weighted by molar-refractivity contribution is 7.89. The number of allylic oxidation sites excluding steroid dienone is 1. The van der Waals surface area contributed by atoms with Crippen LogP contribution in [0.5, 0.6) is 0 Å². The predicted octanol–water partition coefficient (Wildman–Crippen LogP) is 3.75. The van der Waals surface area contributed by atoms with Crippen molar-refractivity contribution >= 4 is 21.7 Å². The third kappa shape index (κ3) is 5.37. The first-order valence-electron chi connectivity index (χ1n) is 8.77. The van der Waals surface area contributed by atoms with Gasteiger partial charge in [0.1, 0.15) is 0 Å². The zero-order valence-corrected chi connectivity index (χ0v) is 16.3. The number of aryl methyl sites for hydroxylation is 1. The number of amides is 1. The van der Waals surface area contributed by atoms with E-state index in [4.69, 9.17) is 0 Å². The Morgan fingerprint density at radius 3 is 2.19 bits per heavy atom. The van der Waals surface area contributed by atoms with Crippen molar-refractivity contribution in [1.82, 2.24) is 4.31 Å². The number of ketones is 1. The summed E-state index contributed by atoms with van der Waals surface area (Å²) in [4.78, 5) is 24.8. The summed E-state index contributed by atoms with van der Waals surface area (Å²) < 4.78 is 26.6. The number of carbonyl (C=O) groups is 2. The van der Waals surface area contributed by atoms with E-state index in [9.17, 15) is 18.0 Å². The zero-order valence-electron chi connectivity index (χ0n) is 15.5. The molecule has 0 saturated heterocycles. The lowest BCUT2D eigenvalue weighted by molar-refractivity contribution is -0.121. The predicted molar refractivity (Wildman–Crippen MR) is 105 cm³/mol. The molecule has 0 saturated carbocycles. The number of rotatable bonds is 8. The highest BCUT2D eigenvalue weighted by atomic mass is 32.2. The van der Waals surface area contributed by atoms with E-state index in [1.807, 2.05) is 13.8 Å². The molecular formula is C21H23NO4S. The van der Waals surface area contributed by atoms with Crippen LogP contribution in [0.25, 0.3) is 0 Å². The van der Waals surface area contributed by atoms with Crippen LogP contribution in [0, 0.1) is 6.92 Å². The summed E-state index contributed by atoms with van der Waals surface area (Å²) in [6.45, 7) is 3.83. The molecule has 2 rings (SSSR count). The number of hydrogen-bond acceptors (Lipinski definition) is 4. The summed E-state index contributed by atoms with van der Waals surface area (Å²) in [5.74, 6) is -1.08.